The molecule has 1 aliphatic rings. The molecule has 1 heterocycles. The van der Waals surface area contributed by atoms with Crippen LogP contribution in [0.25, 0.3) is 11.3 Å². The van der Waals surface area contributed by atoms with Gasteiger partial charge in [-0.2, -0.15) is 0 Å². The molecule has 2 N–H and O–H groups in total. The van der Waals surface area contributed by atoms with Gasteiger partial charge in [0.25, 0.3) is 5.91 Å². The number of benzene rings is 2. The molecule has 0 saturated heterocycles. The van der Waals surface area contributed by atoms with Crippen molar-refractivity contribution >= 4 is 29.1 Å². The minimum atomic E-state index is -0.227. The molecule has 1 aromatic heterocycles. The zero-order valence-corrected chi connectivity index (χ0v) is 17.2. The first kappa shape index (κ1) is 19.9. The van der Waals surface area contributed by atoms with Crippen LogP contribution in [0.5, 0.6) is 0 Å². The van der Waals surface area contributed by atoms with Crippen LogP contribution < -0.4 is 5.32 Å². The quantitative estimate of drug-likeness (QED) is 0.612. The lowest BCUT2D eigenvalue weighted by Gasteiger charge is -2.15. The summed E-state index contributed by atoms with van der Waals surface area (Å²) in [4.78, 5) is 16.7. The number of halogens is 2. The minimum Gasteiger partial charge on any atom is -0.395 e. The van der Waals surface area contributed by atoms with Gasteiger partial charge in [-0.1, -0.05) is 41.4 Å². The Balaban J connectivity index is 1.67. The number of carbonyl (C=O) groups excluding carboxylic acids is 1. The summed E-state index contributed by atoms with van der Waals surface area (Å²) in [6.45, 7) is 0.127. The fourth-order valence-corrected chi connectivity index (χ4v) is 4.41. The van der Waals surface area contributed by atoms with Gasteiger partial charge >= 0.3 is 0 Å². The number of hydrogen-bond acceptors (Lipinski definition) is 3. The molecule has 1 aliphatic carbocycles. The first-order valence-electron chi connectivity index (χ1n) is 9.50. The van der Waals surface area contributed by atoms with Crippen molar-refractivity contribution in [2.75, 3.05) is 13.2 Å². The lowest BCUT2D eigenvalue weighted by Crippen LogP contribution is -2.26. The second kappa shape index (κ2) is 8.54. The first-order valence-corrected chi connectivity index (χ1v) is 10.3. The molecule has 1 atom stereocenters. The molecule has 4 nitrogen and oxygen atoms in total. The SMILES string of the molecule is O=C(NCCO)c1ccnc(-c2ccc3c(c2)C(c2ccc(Cl)cc2Cl)CC3)c1. The van der Waals surface area contributed by atoms with E-state index in [2.05, 4.69) is 22.4 Å². The van der Waals surface area contributed by atoms with E-state index in [0.29, 0.717) is 15.6 Å². The van der Waals surface area contributed by atoms with Crippen LogP contribution >= 0.6 is 23.2 Å². The molecule has 2 aromatic carbocycles. The minimum absolute atomic E-state index is 0.0941. The summed E-state index contributed by atoms with van der Waals surface area (Å²) in [6.07, 6.45) is 3.62. The van der Waals surface area contributed by atoms with E-state index in [1.807, 2.05) is 18.2 Å². The van der Waals surface area contributed by atoms with Gasteiger partial charge in [-0.05, 0) is 59.9 Å². The number of aryl methyl sites for hydroxylation is 1. The molecule has 148 valence electrons. The number of rotatable bonds is 5. The number of nitrogens with one attached hydrogen (secondary N) is 1. The Labute approximate surface area is 179 Å². The van der Waals surface area contributed by atoms with Crippen molar-refractivity contribution in [3.05, 3.63) is 87.0 Å². The number of pyridine rings is 1. The number of amides is 1. The Bertz CT molecular complexity index is 1070. The Hall–Kier alpha value is -2.40. The molecule has 0 radical (unpaired) electrons. The molecule has 0 saturated carbocycles. The van der Waals surface area contributed by atoms with Crippen LogP contribution in [0.3, 0.4) is 0 Å². The highest BCUT2D eigenvalue weighted by molar-refractivity contribution is 6.35. The van der Waals surface area contributed by atoms with Crippen molar-refractivity contribution in [3.8, 4) is 11.3 Å². The number of aromatic nitrogens is 1. The molecule has 4 rings (SSSR count). The predicted molar refractivity (Wildman–Crippen MR) is 116 cm³/mol. The zero-order chi connectivity index (χ0) is 20.4. The van der Waals surface area contributed by atoms with E-state index in [0.717, 1.165) is 29.7 Å². The molecular formula is C23H20Cl2N2O2. The molecule has 1 amide bonds. The van der Waals surface area contributed by atoms with Crippen LogP contribution in [0, 0.1) is 0 Å². The van der Waals surface area contributed by atoms with E-state index < -0.39 is 0 Å². The molecule has 3 aromatic rings. The maximum atomic E-state index is 12.2. The van der Waals surface area contributed by atoms with E-state index in [-0.39, 0.29) is 25.0 Å². The fourth-order valence-electron chi connectivity index (χ4n) is 3.87. The van der Waals surface area contributed by atoms with Gasteiger partial charge < -0.3 is 10.4 Å². The Morgan fingerprint density at radius 2 is 1.97 bits per heavy atom. The number of aliphatic hydroxyl groups excluding tert-OH is 1. The number of carbonyl (C=O) groups is 1. The normalized spacial score (nSPS) is 15.2. The average Bonchev–Trinajstić information content (AvgIpc) is 3.15. The van der Waals surface area contributed by atoms with Crippen LogP contribution in [0.4, 0.5) is 0 Å². The third-order valence-corrected chi connectivity index (χ3v) is 5.84. The fraction of sp³-hybridized carbons (Fsp3) is 0.217. The van der Waals surface area contributed by atoms with Gasteiger partial charge in [0.15, 0.2) is 0 Å². The van der Waals surface area contributed by atoms with Crippen LogP contribution in [0.1, 0.15) is 39.4 Å². The third-order valence-electron chi connectivity index (χ3n) is 5.28. The van der Waals surface area contributed by atoms with Crippen molar-refractivity contribution in [2.24, 2.45) is 0 Å². The van der Waals surface area contributed by atoms with Gasteiger partial charge in [-0.15, -0.1) is 0 Å². The molecule has 0 fully saturated rings. The lowest BCUT2D eigenvalue weighted by atomic mass is 9.91. The summed E-state index contributed by atoms with van der Waals surface area (Å²) in [5.41, 5.74) is 5.83. The van der Waals surface area contributed by atoms with Gasteiger partial charge in [0, 0.05) is 39.8 Å². The first-order chi connectivity index (χ1) is 14.1. The highest BCUT2D eigenvalue weighted by atomic mass is 35.5. The monoisotopic (exact) mass is 426 g/mol. The van der Waals surface area contributed by atoms with E-state index in [4.69, 9.17) is 28.3 Å². The van der Waals surface area contributed by atoms with Gasteiger partial charge in [0.05, 0.1) is 12.3 Å². The molecule has 1 unspecified atom stereocenters. The highest BCUT2D eigenvalue weighted by Gasteiger charge is 2.26. The molecule has 0 bridgehead atoms. The summed E-state index contributed by atoms with van der Waals surface area (Å²) in [5, 5.41) is 12.9. The topological polar surface area (TPSA) is 62.2 Å². The van der Waals surface area contributed by atoms with Crippen molar-refractivity contribution in [3.63, 3.8) is 0 Å². The predicted octanol–water partition coefficient (Wildman–Crippen LogP) is 4.86. The third kappa shape index (κ3) is 4.15. The summed E-state index contributed by atoms with van der Waals surface area (Å²) in [5.74, 6) is -0.0135. The number of nitrogens with zero attached hydrogens (tertiary/aromatic N) is 1. The summed E-state index contributed by atoms with van der Waals surface area (Å²) in [6, 6.07) is 15.4. The van der Waals surface area contributed by atoms with Crippen LogP contribution in [-0.2, 0) is 6.42 Å². The maximum Gasteiger partial charge on any atom is 0.251 e. The van der Waals surface area contributed by atoms with Gasteiger partial charge in [-0.3, -0.25) is 9.78 Å². The zero-order valence-electron chi connectivity index (χ0n) is 15.7. The summed E-state index contributed by atoms with van der Waals surface area (Å²) >= 11 is 12.5. The van der Waals surface area contributed by atoms with Crippen LogP contribution in [0.15, 0.2) is 54.7 Å². The van der Waals surface area contributed by atoms with Crippen molar-refractivity contribution < 1.29 is 9.90 Å². The molecule has 6 heteroatoms. The van der Waals surface area contributed by atoms with E-state index >= 15 is 0 Å². The maximum absolute atomic E-state index is 12.2. The molecular weight excluding hydrogens is 407 g/mol. The van der Waals surface area contributed by atoms with Crippen molar-refractivity contribution in [1.82, 2.24) is 10.3 Å². The van der Waals surface area contributed by atoms with E-state index in [1.54, 1.807) is 24.4 Å². The highest BCUT2D eigenvalue weighted by Crippen LogP contribution is 2.42. The Kier molecular flexibility index (Phi) is 5.86. The molecule has 0 aliphatic heterocycles. The van der Waals surface area contributed by atoms with Crippen LogP contribution in [-0.4, -0.2) is 29.1 Å². The second-order valence-electron chi connectivity index (χ2n) is 7.08. The summed E-state index contributed by atoms with van der Waals surface area (Å²) < 4.78 is 0. The number of hydrogen-bond donors (Lipinski definition) is 2. The Morgan fingerprint density at radius 3 is 2.76 bits per heavy atom. The standard InChI is InChI=1S/C23H20Cl2N2O2/c24-17-4-6-19(21(25)13-17)18-5-3-14-1-2-15(11-20(14)18)22-12-16(7-8-26-22)23(29)27-9-10-28/h1-2,4,6-8,11-13,18,28H,3,5,9-10H2,(H,27,29). The van der Waals surface area contributed by atoms with E-state index in [1.165, 1.54) is 11.1 Å². The second-order valence-corrected chi connectivity index (χ2v) is 7.92. The van der Waals surface area contributed by atoms with Gasteiger partial charge in [-0.25, -0.2) is 0 Å². The van der Waals surface area contributed by atoms with Gasteiger partial charge in [0.1, 0.15) is 0 Å². The van der Waals surface area contributed by atoms with Gasteiger partial charge in [0.2, 0.25) is 0 Å². The Morgan fingerprint density at radius 1 is 1.10 bits per heavy atom. The summed E-state index contributed by atoms with van der Waals surface area (Å²) in [7, 11) is 0. The lowest BCUT2D eigenvalue weighted by molar-refractivity contribution is 0.0944. The number of fused-ring (bicyclic) bond motifs is 1. The van der Waals surface area contributed by atoms with Crippen LogP contribution in [0.2, 0.25) is 10.0 Å². The largest absolute Gasteiger partial charge is 0.395 e. The molecule has 0 spiro atoms. The number of aliphatic hydroxyl groups is 1. The average molecular weight is 427 g/mol. The molecule has 29 heavy (non-hydrogen) atoms. The van der Waals surface area contributed by atoms with E-state index in [9.17, 15) is 4.79 Å². The smallest absolute Gasteiger partial charge is 0.251 e. The van der Waals surface area contributed by atoms with Crippen molar-refractivity contribution in [1.29, 1.82) is 0 Å². The van der Waals surface area contributed by atoms with Crippen molar-refractivity contribution in [2.45, 2.75) is 18.8 Å².